The van der Waals surface area contributed by atoms with Gasteiger partial charge in [0.2, 0.25) is 6.29 Å². The second-order valence-electron chi connectivity index (χ2n) is 6.19. The van der Waals surface area contributed by atoms with Gasteiger partial charge >= 0.3 is 0 Å². The number of furan rings is 1. The smallest absolute Gasteiger partial charge is 0.218 e. The number of rotatable bonds is 2. The molecule has 2 heterocycles. The molecule has 0 atom stereocenters. The maximum absolute atomic E-state index is 5.98. The van der Waals surface area contributed by atoms with Gasteiger partial charge in [0.15, 0.2) is 5.76 Å². The second-order valence-corrected chi connectivity index (χ2v) is 6.19. The van der Waals surface area contributed by atoms with Gasteiger partial charge in [0.05, 0.1) is 17.5 Å². The molecule has 0 aliphatic carbocycles. The topological polar surface area (TPSA) is 31.6 Å². The molecule has 3 nitrogen and oxygen atoms in total. The maximum atomic E-state index is 5.98. The van der Waals surface area contributed by atoms with Crippen molar-refractivity contribution in [2.75, 3.05) is 0 Å². The summed E-state index contributed by atoms with van der Waals surface area (Å²) in [6.07, 6.45) is 1.30. The molecule has 0 saturated carbocycles. The molecular weight excluding hydrogens is 252 g/mol. The van der Waals surface area contributed by atoms with Gasteiger partial charge < -0.3 is 13.9 Å². The molecule has 1 aliphatic rings. The third kappa shape index (κ3) is 2.17. The first kappa shape index (κ1) is 13.4. The summed E-state index contributed by atoms with van der Waals surface area (Å²) in [5.74, 6) is 0.711. The van der Waals surface area contributed by atoms with Gasteiger partial charge in [-0.05, 0) is 39.3 Å². The van der Waals surface area contributed by atoms with E-state index in [9.17, 15) is 0 Å². The Labute approximate surface area is 119 Å². The highest BCUT2D eigenvalue weighted by Gasteiger charge is 2.50. The van der Waals surface area contributed by atoms with Crippen LogP contribution in [0.15, 0.2) is 47.1 Å². The summed E-state index contributed by atoms with van der Waals surface area (Å²) in [5, 5.41) is 0. The first-order valence-electron chi connectivity index (χ1n) is 6.88. The summed E-state index contributed by atoms with van der Waals surface area (Å²) < 4.78 is 17.6. The zero-order valence-electron chi connectivity index (χ0n) is 12.3. The zero-order chi connectivity index (χ0) is 14.4. The minimum atomic E-state index is -0.447. The molecule has 0 radical (unpaired) electrons. The van der Waals surface area contributed by atoms with Crippen LogP contribution in [0.25, 0.3) is 11.1 Å². The Morgan fingerprint density at radius 1 is 0.850 bits per heavy atom. The molecule has 20 heavy (non-hydrogen) atoms. The van der Waals surface area contributed by atoms with E-state index >= 15 is 0 Å². The van der Waals surface area contributed by atoms with E-state index in [1.54, 1.807) is 6.26 Å². The summed E-state index contributed by atoms with van der Waals surface area (Å²) in [7, 11) is 0. The lowest BCUT2D eigenvalue weighted by Gasteiger charge is -2.30. The van der Waals surface area contributed by atoms with Crippen molar-refractivity contribution in [3.05, 3.63) is 48.4 Å². The average Bonchev–Trinajstić information content (AvgIpc) is 2.94. The highest BCUT2D eigenvalue weighted by molar-refractivity contribution is 5.62. The fraction of sp³-hybridized carbons (Fsp3) is 0.412. The van der Waals surface area contributed by atoms with Crippen molar-refractivity contribution >= 4 is 0 Å². The van der Waals surface area contributed by atoms with Gasteiger partial charge in [-0.1, -0.05) is 30.3 Å². The SMILES string of the molecule is CC1(C)OC(c2cc(-c3ccccc3)co2)OC1(C)C. The molecule has 3 heteroatoms. The van der Waals surface area contributed by atoms with E-state index < -0.39 is 6.29 Å². The summed E-state index contributed by atoms with van der Waals surface area (Å²) in [4.78, 5) is 0. The molecule has 1 aliphatic heterocycles. The van der Waals surface area contributed by atoms with Crippen molar-refractivity contribution in [2.45, 2.75) is 45.2 Å². The van der Waals surface area contributed by atoms with Gasteiger partial charge in [-0.3, -0.25) is 0 Å². The fourth-order valence-corrected chi connectivity index (χ4v) is 2.22. The lowest BCUT2D eigenvalue weighted by atomic mass is 9.90. The minimum Gasteiger partial charge on any atom is -0.463 e. The Morgan fingerprint density at radius 2 is 1.45 bits per heavy atom. The van der Waals surface area contributed by atoms with Crippen LogP contribution in [0.4, 0.5) is 0 Å². The third-order valence-electron chi connectivity index (χ3n) is 4.21. The van der Waals surface area contributed by atoms with Crippen molar-refractivity contribution in [1.29, 1.82) is 0 Å². The fourth-order valence-electron chi connectivity index (χ4n) is 2.22. The predicted molar refractivity (Wildman–Crippen MR) is 77.2 cm³/mol. The van der Waals surface area contributed by atoms with E-state index in [-0.39, 0.29) is 11.2 Å². The van der Waals surface area contributed by atoms with Gasteiger partial charge in [0, 0.05) is 5.56 Å². The van der Waals surface area contributed by atoms with Crippen molar-refractivity contribution < 1.29 is 13.9 Å². The Balaban J connectivity index is 1.86. The lowest BCUT2D eigenvalue weighted by Crippen LogP contribution is -2.41. The van der Waals surface area contributed by atoms with Crippen LogP contribution in [-0.2, 0) is 9.47 Å². The second kappa shape index (κ2) is 4.47. The minimum absolute atomic E-state index is 0.350. The molecule has 0 bridgehead atoms. The Morgan fingerprint density at radius 3 is 2.05 bits per heavy atom. The van der Waals surface area contributed by atoms with Gasteiger partial charge in [0.1, 0.15) is 0 Å². The summed E-state index contributed by atoms with van der Waals surface area (Å²) in [6.45, 7) is 8.14. The molecule has 1 aromatic carbocycles. The summed E-state index contributed by atoms with van der Waals surface area (Å²) >= 11 is 0. The Kier molecular flexibility index (Phi) is 3.00. The van der Waals surface area contributed by atoms with E-state index in [0.717, 1.165) is 11.1 Å². The van der Waals surface area contributed by atoms with E-state index in [4.69, 9.17) is 13.9 Å². The summed E-state index contributed by atoms with van der Waals surface area (Å²) in [5.41, 5.74) is 1.46. The molecule has 0 spiro atoms. The number of benzene rings is 1. The molecule has 0 unspecified atom stereocenters. The standard InChI is InChI=1S/C17H20O3/c1-16(2)17(3,4)20-15(19-16)14-10-13(11-18-14)12-8-6-5-7-9-12/h5-11,15H,1-4H3. The van der Waals surface area contributed by atoms with Gasteiger partial charge in [0.25, 0.3) is 0 Å². The molecule has 1 fully saturated rings. The molecule has 0 N–H and O–H groups in total. The van der Waals surface area contributed by atoms with Crippen LogP contribution in [0.5, 0.6) is 0 Å². The number of hydrogen-bond donors (Lipinski definition) is 0. The molecule has 106 valence electrons. The highest BCUT2D eigenvalue weighted by Crippen LogP contribution is 2.45. The van der Waals surface area contributed by atoms with Crippen LogP contribution in [0.1, 0.15) is 39.7 Å². The first-order chi connectivity index (χ1) is 9.39. The van der Waals surface area contributed by atoms with Crippen LogP contribution < -0.4 is 0 Å². The van der Waals surface area contributed by atoms with Crippen LogP contribution >= 0.6 is 0 Å². The van der Waals surface area contributed by atoms with Crippen molar-refractivity contribution in [3.8, 4) is 11.1 Å². The van der Waals surface area contributed by atoms with E-state index in [1.807, 2.05) is 52.0 Å². The van der Waals surface area contributed by atoms with Crippen LogP contribution in [0, 0.1) is 0 Å². The van der Waals surface area contributed by atoms with Crippen LogP contribution in [0.2, 0.25) is 0 Å². The largest absolute Gasteiger partial charge is 0.463 e. The molecule has 3 rings (SSSR count). The monoisotopic (exact) mass is 272 g/mol. The maximum Gasteiger partial charge on any atom is 0.218 e. The zero-order valence-corrected chi connectivity index (χ0v) is 12.3. The lowest BCUT2D eigenvalue weighted by molar-refractivity contribution is -0.102. The van der Waals surface area contributed by atoms with Crippen molar-refractivity contribution in [1.82, 2.24) is 0 Å². The number of hydrogen-bond acceptors (Lipinski definition) is 3. The van der Waals surface area contributed by atoms with E-state index in [0.29, 0.717) is 5.76 Å². The number of ether oxygens (including phenoxy) is 2. The average molecular weight is 272 g/mol. The quantitative estimate of drug-likeness (QED) is 0.803. The molecule has 2 aromatic rings. The van der Waals surface area contributed by atoms with Crippen molar-refractivity contribution in [2.24, 2.45) is 0 Å². The normalized spacial score (nSPS) is 21.2. The summed E-state index contributed by atoms with van der Waals surface area (Å²) in [6, 6.07) is 12.1. The van der Waals surface area contributed by atoms with Gasteiger partial charge in [-0.15, -0.1) is 0 Å². The third-order valence-corrected chi connectivity index (χ3v) is 4.21. The Hall–Kier alpha value is -1.58. The van der Waals surface area contributed by atoms with E-state index in [2.05, 4.69) is 12.1 Å². The molecule has 1 aromatic heterocycles. The predicted octanol–water partition coefficient (Wildman–Crippen LogP) is 4.55. The molecular formula is C17H20O3. The van der Waals surface area contributed by atoms with Crippen molar-refractivity contribution in [3.63, 3.8) is 0 Å². The Bertz CT molecular complexity index is 580. The van der Waals surface area contributed by atoms with Crippen LogP contribution in [-0.4, -0.2) is 11.2 Å². The highest BCUT2D eigenvalue weighted by atomic mass is 16.8. The van der Waals surface area contributed by atoms with Gasteiger partial charge in [-0.25, -0.2) is 0 Å². The molecule has 0 amide bonds. The molecule has 1 saturated heterocycles. The van der Waals surface area contributed by atoms with Gasteiger partial charge in [-0.2, -0.15) is 0 Å². The van der Waals surface area contributed by atoms with E-state index in [1.165, 1.54) is 0 Å². The van der Waals surface area contributed by atoms with Crippen LogP contribution in [0.3, 0.4) is 0 Å². The first-order valence-corrected chi connectivity index (χ1v) is 6.88.